The average Bonchev–Trinajstić information content (AvgIpc) is 2.81. The monoisotopic (exact) mass is 411 g/mol. The molecule has 0 atom stereocenters. The molecule has 4 aromatic rings. The van der Waals surface area contributed by atoms with Gasteiger partial charge in [0.1, 0.15) is 0 Å². The Labute approximate surface area is 182 Å². The number of hydrogen-bond acceptors (Lipinski definition) is 2. The molecule has 0 saturated heterocycles. The van der Waals surface area contributed by atoms with Gasteiger partial charge in [0.2, 0.25) is 0 Å². The predicted molar refractivity (Wildman–Crippen MR) is 123 cm³/mol. The summed E-state index contributed by atoms with van der Waals surface area (Å²) in [4.78, 5) is 12.9. The lowest BCUT2D eigenvalue weighted by atomic mass is 9.84. The van der Waals surface area contributed by atoms with E-state index in [1.54, 1.807) is 6.07 Å². The van der Waals surface area contributed by atoms with Crippen LogP contribution < -0.4 is 5.73 Å². The second-order valence-electron chi connectivity index (χ2n) is 7.22. The Morgan fingerprint density at radius 2 is 1.27 bits per heavy atom. The third kappa shape index (κ3) is 4.20. The van der Waals surface area contributed by atoms with Crippen LogP contribution in [0.3, 0.4) is 0 Å². The van der Waals surface area contributed by atoms with Crippen molar-refractivity contribution in [3.8, 4) is 0 Å². The molecule has 2 N–H and O–H groups in total. The zero-order chi connectivity index (χ0) is 20.9. The molecule has 148 valence electrons. The van der Waals surface area contributed by atoms with Gasteiger partial charge in [-0.15, -0.1) is 0 Å². The van der Waals surface area contributed by atoms with Crippen LogP contribution in [0.5, 0.6) is 0 Å². The van der Waals surface area contributed by atoms with E-state index in [-0.39, 0.29) is 11.7 Å². The van der Waals surface area contributed by atoms with Crippen LogP contribution >= 0.6 is 11.6 Å². The minimum absolute atomic E-state index is 0.00658. The van der Waals surface area contributed by atoms with Crippen LogP contribution in [0.25, 0.3) is 0 Å². The first-order valence-corrected chi connectivity index (χ1v) is 10.3. The van der Waals surface area contributed by atoms with Crippen LogP contribution in [0.1, 0.15) is 44.1 Å². The Morgan fingerprint density at radius 1 is 0.733 bits per heavy atom. The predicted octanol–water partition coefficient (Wildman–Crippen LogP) is 6.21. The molecule has 0 spiro atoms. The van der Waals surface area contributed by atoms with E-state index in [1.165, 1.54) is 0 Å². The van der Waals surface area contributed by atoms with Gasteiger partial charge in [-0.25, -0.2) is 0 Å². The number of halogens is 1. The first kappa shape index (κ1) is 20.1. The molecule has 0 aliphatic rings. The van der Waals surface area contributed by atoms with Gasteiger partial charge < -0.3 is 5.73 Å². The molecule has 4 aromatic carbocycles. The third-order valence-electron chi connectivity index (χ3n) is 5.29. The molecule has 3 heteroatoms. The molecule has 0 fully saturated rings. The van der Waals surface area contributed by atoms with Gasteiger partial charge in [0.15, 0.2) is 5.78 Å². The van der Waals surface area contributed by atoms with E-state index in [4.69, 9.17) is 17.3 Å². The number of carbonyl (C=O) groups is 1. The Balaban J connectivity index is 1.72. The molecule has 30 heavy (non-hydrogen) atoms. The molecular weight excluding hydrogens is 390 g/mol. The molecule has 0 aliphatic carbocycles. The Hall–Kier alpha value is -3.20. The van der Waals surface area contributed by atoms with Crippen LogP contribution in [0.15, 0.2) is 103 Å². The zero-order valence-electron chi connectivity index (χ0n) is 16.5. The average molecular weight is 412 g/mol. The highest BCUT2D eigenvalue weighted by Gasteiger charge is 2.20. The van der Waals surface area contributed by atoms with Crippen molar-refractivity contribution < 1.29 is 4.79 Å². The zero-order valence-corrected chi connectivity index (χ0v) is 17.2. The fourth-order valence-electron chi connectivity index (χ4n) is 3.70. The lowest BCUT2D eigenvalue weighted by Crippen LogP contribution is -2.07. The van der Waals surface area contributed by atoms with Gasteiger partial charge in [0.25, 0.3) is 0 Å². The lowest BCUT2D eigenvalue weighted by molar-refractivity contribution is 0.103. The van der Waals surface area contributed by atoms with E-state index in [1.807, 2.05) is 72.8 Å². The van der Waals surface area contributed by atoms with Crippen molar-refractivity contribution in [2.45, 2.75) is 12.5 Å². The fraction of sp³-hybridized carbons (Fsp3) is 0.0741. The maximum atomic E-state index is 12.9. The van der Waals surface area contributed by atoms with Gasteiger partial charge >= 0.3 is 0 Å². The number of benzene rings is 4. The highest BCUT2D eigenvalue weighted by molar-refractivity contribution is 6.32. The second kappa shape index (κ2) is 9.08. The van der Waals surface area contributed by atoms with Crippen LogP contribution in [0.4, 0.5) is 0 Å². The summed E-state index contributed by atoms with van der Waals surface area (Å²) in [6, 6.07) is 33.5. The van der Waals surface area contributed by atoms with Crippen LogP contribution in [0, 0.1) is 0 Å². The first-order chi connectivity index (χ1) is 14.7. The summed E-state index contributed by atoms with van der Waals surface area (Å²) in [5.41, 5.74) is 11.1. The quantitative estimate of drug-likeness (QED) is 0.302. The van der Waals surface area contributed by atoms with Crippen molar-refractivity contribution in [3.05, 3.63) is 142 Å². The van der Waals surface area contributed by atoms with Crippen LogP contribution in [-0.4, -0.2) is 5.78 Å². The van der Waals surface area contributed by atoms with Gasteiger partial charge in [-0.3, -0.25) is 4.79 Å². The fourth-order valence-corrected chi connectivity index (χ4v) is 3.99. The first-order valence-electron chi connectivity index (χ1n) is 9.90. The van der Waals surface area contributed by atoms with Crippen molar-refractivity contribution in [1.82, 2.24) is 0 Å². The van der Waals surface area contributed by atoms with E-state index in [0.29, 0.717) is 22.7 Å². The molecule has 0 aliphatic heterocycles. The Bertz CT molecular complexity index is 1100. The highest BCUT2D eigenvalue weighted by Crippen LogP contribution is 2.36. The van der Waals surface area contributed by atoms with Crippen molar-refractivity contribution in [3.63, 3.8) is 0 Å². The van der Waals surface area contributed by atoms with E-state index >= 15 is 0 Å². The number of rotatable bonds is 6. The maximum absolute atomic E-state index is 12.9. The topological polar surface area (TPSA) is 43.1 Å². The van der Waals surface area contributed by atoms with Crippen molar-refractivity contribution >= 4 is 17.4 Å². The van der Waals surface area contributed by atoms with Gasteiger partial charge in [-0.1, -0.05) is 109 Å². The largest absolute Gasteiger partial charge is 0.326 e. The van der Waals surface area contributed by atoms with E-state index < -0.39 is 0 Å². The molecule has 0 radical (unpaired) electrons. The molecule has 2 nitrogen and oxygen atoms in total. The third-order valence-corrected chi connectivity index (χ3v) is 5.62. The highest BCUT2D eigenvalue weighted by atomic mass is 35.5. The summed E-state index contributed by atoms with van der Waals surface area (Å²) in [6.45, 7) is 0.454. The molecule has 0 heterocycles. The summed E-state index contributed by atoms with van der Waals surface area (Å²) in [7, 11) is 0. The molecule has 0 unspecified atom stereocenters. The van der Waals surface area contributed by atoms with Crippen LogP contribution in [0.2, 0.25) is 5.02 Å². The summed E-state index contributed by atoms with van der Waals surface area (Å²) >= 11 is 6.73. The van der Waals surface area contributed by atoms with E-state index in [2.05, 4.69) is 24.3 Å². The Morgan fingerprint density at radius 3 is 1.77 bits per heavy atom. The maximum Gasteiger partial charge on any atom is 0.193 e. The van der Waals surface area contributed by atoms with Crippen LogP contribution in [-0.2, 0) is 6.54 Å². The van der Waals surface area contributed by atoms with Gasteiger partial charge in [-0.05, 0) is 28.3 Å². The van der Waals surface area contributed by atoms with Crippen molar-refractivity contribution in [2.24, 2.45) is 5.73 Å². The molecule has 0 bridgehead atoms. The second-order valence-corrected chi connectivity index (χ2v) is 7.63. The van der Waals surface area contributed by atoms with Gasteiger partial charge in [-0.2, -0.15) is 0 Å². The number of carbonyl (C=O) groups excluding carboxylic acids is 1. The molecule has 0 aromatic heterocycles. The number of nitrogens with two attached hydrogens (primary N) is 1. The number of hydrogen-bond donors (Lipinski definition) is 1. The van der Waals surface area contributed by atoms with E-state index in [0.717, 1.165) is 22.3 Å². The van der Waals surface area contributed by atoms with Crippen molar-refractivity contribution in [1.29, 1.82) is 0 Å². The Kier molecular flexibility index (Phi) is 6.08. The standard InChI is InChI=1S/C27H22ClNO/c28-25-17-23(27(30)22-13-11-19(18-29)12-14-22)15-16-24(25)26(20-7-3-1-4-8-20)21-9-5-2-6-10-21/h1-17,26H,18,29H2. The normalized spacial score (nSPS) is 10.9. The molecule has 4 rings (SSSR count). The minimum Gasteiger partial charge on any atom is -0.326 e. The smallest absolute Gasteiger partial charge is 0.193 e. The number of ketones is 1. The van der Waals surface area contributed by atoms with Gasteiger partial charge in [0, 0.05) is 28.6 Å². The lowest BCUT2D eigenvalue weighted by Gasteiger charge is -2.20. The molecule has 0 saturated carbocycles. The SMILES string of the molecule is NCc1ccc(C(=O)c2ccc(C(c3ccccc3)c3ccccc3)c(Cl)c2)cc1. The molecular formula is C27H22ClNO. The minimum atomic E-state index is -0.0528. The summed E-state index contributed by atoms with van der Waals surface area (Å²) in [5, 5.41) is 0.581. The van der Waals surface area contributed by atoms with Gasteiger partial charge in [0.05, 0.1) is 0 Å². The van der Waals surface area contributed by atoms with Crippen molar-refractivity contribution in [2.75, 3.05) is 0 Å². The molecule has 0 amide bonds. The summed E-state index contributed by atoms with van der Waals surface area (Å²) in [6.07, 6.45) is 0. The van der Waals surface area contributed by atoms with E-state index in [9.17, 15) is 4.79 Å². The summed E-state index contributed by atoms with van der Waals surface area (Å²) in [5.74, 6) is -0.0594. The summed E-state index contributed by atoms with van der Waals surface area (Å²) < 4.78 is 0.